The predicted molar refractivity (Wildman–Crippen MR) is 110 cm³/mol. The molecule has 0 atom stereocenters. The van der Waals surface area contributed by atoms with Gasteiger partial charge in [-0.15, -0.1) is 0 Å². The van der Waals surface area contributed by atoms with Gasteiger partial charge in [0.1, 0.15) is 18.1 Å². The van der Waals surface area contributed by atoms with Crippen LogP contribution in [0.15, 0.2) is 66.7 Å². The van der Waals surface area contributed by atoms with Gasteiger partial charge < -0.3 is 18.9 Å². The van der Waals surface area contributed by atoms with E-state index >= 15 is 0 Å². The summed E-state index contributed by atoms with van der Waals surface area (Å²) >= 11 is 0. The zero-order valence-corrected chi connectivity index (χ0v) is 16.2. The van der Waals surface area contributed by atoms with Crippen LogP contribution in [-0.2, 0) is 0 Å². The van der Waals surface area contributed by atoms with Gasteiger partial charge in [0.05, 0.1) is 21.3 Å². The van der Waals surface area contributed by atoms with E-state index in [9.17, 15) is 0 Å². The summed E-state index contributed by atoms with van der Waals surface area (Å²) in [5.74, 6) is 3.02. The summed E-state index contributed by atoms with van der Waals surface area (Å²) in [5, 5.41) is 0. The van der Waals surface area contributed by atoms with Gasteiger partial charge in [0.15, 0.2) is 11.5 Å². The zero-order valence-electron chi connectivity index (χ0n) is 16.2. The van der Waals surface area contributed by atoms with Gasteiger partial charge in [-0.2, -0.15) is 0 Å². The van der Waals surface area contributed by atoms with Crippen LogP contribution in [0.4, 0.5) is 0 Å². The molecule has 1 aliphatic heterocycles. The third-order valence-corrected chi connectivity index (χ3v) is 4.92. The van der Waals surface area contributed by atoms with E-state index in [2.05, 4.69) is 12.1 Å². The molecule has 0 N–H and O–H groups in total. The summed E-state index contributed by atoms with van der Waals surface area (Å²) in [4.78, 5) is 0. The van der Waals surface area contributed by atoms with Gasteiger partial charge in [-0.25, -0.2) is 0 Å². The number of hydrogen-bond donors (Lipinski definition) is 0. The molecule has 3 aromatic carbocycles. The highest BCUT2D eigenvalue weighted by atomic mass is 16.5. The van der Waals surface area contributed by atoms with E-state index in [-0.39, 0.29) is 0 Å². The van der Waals surface area contributed by atoms with E-state index in [0.29, 0.717) is 18.1 Å². The van der Waals surface area contributed by atoms with Crippen LogP contribution in [-0.4, -0.2) is 27.9 Å². The maximum atomic E-state index is 6.07. The maximum Gasteiger partial charge on any atom is 0.161 e. The second-order valence-corrected chi connectivity index (χ2v) is 6.44. The zero-order chi connectivity index (χ0) is 19.5. The van der Waals surface area contributed by atoms with Crippen LogP contribution in [0.3, 0.4) is 0 Å². The van der Waals surface area contributed by atoms with Gasteiger partial charge >= 0.3 is 0 Å². The Hall–Kier alpha value is -3.40. The van der Waals surface area contributed by atoms with Crippen LogP contribution in [0.5, 0.6) is 23.0 Å². The summed E-state index contributed by atoms with van der Waals surface area (Å²) in [6, 6.07) is 22.2. The lowest BCUT2D eigenvalue weighted by molar-refractivity contribution is 0.354. The monoisotopic (exact) mass is 374 g/mol. The summed E-state index contributed by atoms with van der Waals surface area (Å²) in [6.45, 7) is 0.493. The third-order valence-electron chi connectivity index (χ3n) is 4.92. The minimum absolute atomic E-state index is 0.493. The van der Waals surface area contributed by atoms with Gasteiger partial charge in [0.2, 0.25) is 0 Å². The highest BCUT2D eigenvalue weighted by Crippen LogP contribution is 2.44. The van der Waals surface area contributed by atoms with E-state index in [0.717, 1.165) is 39.3 Å². The first-order chi connectivity index (χ1) is 13.7. The molecule has 0 bridgehead atoms. The van der Waals surface area contributed by atoms with Crippen molar-refractivity contribution < 1.29 is 18.9 Å². The Kier molecular flexibility index (Phi) is 4.94. The molecule has 28 heavy (non-hydrogen) atoms. The van der Waals surface area contributed by atoms with Gasteiger partial charge in [0.25, 0.3) is 0 Å². The van der Waals surface area contributed by atoms with Crippen molar-refractivity contribution in [2.45, 2.75) is 0 Å². The molecule has 1 heterocycles. The fourth-order valence-corrected chi connectivity index (χ4v) is 3.53. The molecule has 142 valence electrons. The Morgan fingerprint density at radius 3 is 2.21 bits per heavy atom. The van der Waals surface area contributed by atoms with Gasteiger partial charge in [-0.05, 0) is 41.5 Å². The third kappa shape index (κ3) is 3.18. The summed E-state index contributed by atoms with van der Waals surface area (Å²) in [7, 11) is 4.96. The molecule has 0 fully saturated rings. The number of hydrogen-bond acceptors (Lipinski definition) is 4. The van der Waals surface area contributed by atoms with E-state index in [1.807, 2.05) is 54.6 Å². The smallest absolute Gasteiger partial charge is 0.161 e. The van der Waals surface area contributed by atoms with E-state index in [4.69, 9.17) is 18.9 Å². The van der Waals surface area contributed by atoms with Crippen LogP contribution in [0, 0.1) is 0 Å². The van der Waals surface area contributed by atoms with Crippen LogP contribution in [0.25, 0.3) is 11.1 Å². The quantitative estimate of drug-likeness (QED) is 0.625. The molecule has 0 saturated carbocycles. The van der Waals surface area contributed by atoms with Gasteiger partial charge in [-0.3, -0.25) is 0 Å². The lowest BCUT2D eigenvalue weighted by Gasteiger charge is -2.26. The molecule has 1 aliphatic rings. The second kappa shape index (κ2) is 7.69. The Morgan fingerprint density at radius 2 is 1.50 bits per heavy atom. The SMILES string of the molecule is COc1ccc2c(c1)C(c1ccc(OC)c(OC)c1)=C(c1ccccc1)CO2. The molecule has 4 heteroatoms. The number of ether oxygens (including phenoxy) is 4. The van der Waals surface area contributed by atoms with Crippen molar-refractivity contribution in [2.75, 3.05) is 27.9 Å². The summed E-state index contributed by atoms with van der Waals surface area (Å²) < 4.78 is 22.5. The average molecular weight is 374 g/mol. The number of methoxy groups -OCH3 is 3. The summed E-state index contributed by atoms with van der Waals surface area (Å²) in [5.41, 5.74) is 5.38. The fraction of sp³-hybridized carbons (Fsp3) is 0.167. The Bertz CT molecular complexity index is 1020. The Morgan fingerprint density at radius 1 is 0.714 bits per heavy atom. The first-order valence-corrected chi connectivity index (χ1v) is 9.07. The minimum atomic E-state index is 0.493. The molecule has 4 rings (SSSR count). The molecule has 0 unspecified atom stereocenters. The van der Waals surface area contributed by atoms with Crippen molar-refractivity contribution in [2.24, 2.45) is 0 Å². The standard InChI is InChI=1S/C24H22O4/c1-25-18-10-12-21-19(14-18)24(17-9-11-22(26-2)23(13-17)27-3)20(15-28-21)16-7-5-4-6-8-16/h4-14H,15H2,1-3H3. The highest BCUT2D eigenvalue weighted by molar-refractivity contribution is 6.02. The highest BCUT2D eigenvalue weighted by Gasteiger charge is 2.24. The molecular weight excluding hydrogens is 352 g/mol. The molecule has 0 saturated heterocycles. The van der Waals surface area contributed by atoms with E-state index in [1.54, 1.807) is 21.3 Å². The van der Waals surface area contributed by atoms with Gasteiger partial charge in [0, 0.05) is 16.7 Å². The second-order valence-electron chi connectivity index (χ2n) is 6.44. The number of fused-ring (bicyclic) bond motifs is 1. The first kappa shape index (κ1) is 18.0. The molecule has 3 aromatic rings. The lowest BCUT2D eigenvalue weighted by Crippen LogP contribution is -2.12. The molecule has 0 aromatic heterocycles. The van der Waals surface area contributed by atoms with Crippen molar-refractivity contribution in [3.63, 3.8) is 0 Å². The first-order valence-electron chi connectivity index (χ1n) is 9.07. The largest absolute Gasteiger partial charge is 0.497 e. The maximum absolute atomic E-state index is 6.07. The summed E-state index contributed by atoms with van der Waals surface area (Å²) in [6.07, 6.45) is 0. The fourth-order valence-electron chi connectivity index (χ4n) is 3.53. The lowest BCUT2D eigenvalue weighted by atomic mass is 9.87. The van der Waals surface area contributed by atoms with Crippen LogP contribution < -0.4 is 18.9 Å². The van der Waals surface area contributed by atoms with E-state index in [1.165, 1.54) is 0 Å². The Balaban J connectivity index is 1.99. The molecular formula is C24H22O4. The van der Waals surface area contributed by atoms with Crippen LogP contribution >= 0.6 is 0 Å². The van der Waals surface area contributed by atoms with E-state index < -0.39 is 0 Å². The molecule has 0 spiro atoms. The predicted octanol–water partition coefficient (Wildman–Crippen LogP) is 5.06. The van der Waals surface area contributed by atoms with Crippen molar-refractivity contribution in [1.29, 1.82) is 0 Å². The molecule has 0 amide bonds. The van der Waals surface area contributed by atoms with Crippen molar-refractivity contribution >= 4 is 11.1 Å². The van der Waals surface area contributed by atoms with Crippen molar-refractivity contribution in [3.8, 4) is 23.0 Å². The topological polar surface area (TPSA) is 36.9 Å². The average Bonchev–Trinajstić information content (AvgIpc) is 2.78. The molecule has 0 aliphatic carbocycles. The number of benzene rings is 3. The molecule has 4 nitrogen and oxygen atoms in total. The van der Waals surface area contributed by atoms with Crippen LogP contribution in [0.1, 0.15) is 16.7 Å². The molecule has 0 radical (unpaired) electrons. The normalized spacial score (nSPS) is 12.8. The van der Waals surface area contributed by atoms with Gasteiger partial charge in [-0.1, -0.05) is 36.4 Å². The number of rotatable bonds is 5. The van der Waals surface area contributed by atoms with Crippen molar-refractivity contribution in [1.82, 2.24) is 0 Å². The van der Waals surface area contributed by atoms with Crippen LogP contribution in [0.2, 0.25) is 0 Å². The Labute approximate surface area is 164 Å². The minimum Gasteiger partial charge on any atom is -0.497 e. The van der Waals surface area contributed by atoms with Crippen molar-refractivity contribution in [3.05, 3.63) is 83.4 Å².